The molecule has 25 heavy (non-hydrogen) atoms. The Bertz CT molecular complexity index is 992. The first-order chi connectivity index (χ1) is 12.1. The highest BCUT2D eigenvalue weighted by molar-refractivity contribution is 5.77. The summed E-state index contributed by atoms with van der Waals surface area (Å²) in [6.45, 7) is -0.185. The second-order valence-electron chi connectivity index (χ2n) is 5.55. The summed E-state index contributed by atoms with van der Waals surface area (Å²) in [5.41, 5.74) is 0.415. The highest BCUT2D eigenvalue weighted by Gasteiger charge is 2.11. The normalized spacial score (nSPS) is 10.7. The third-order valence-corrected chi connectivity index (χ3v) is 3.80. The Hall–Kier alpha value is -3.22. The molecule has 3 rings (SSSR count). The molecule has 1 N–H and O–H groups in total. The Morgan fingerprint density at radius 2 is 1.88 bits per heavy atom. The van der Waals surface area contributed by atoms with Crippen LogP contribution in [0.15, 0.2) is 58.4 Å². The van der Waals surface area contributed by atoms with Crippen LogP contribution in [0.25, 0.3) is 10.9 Å². The predicted octanol–water partition coefficient (Wildman–Crippen LogP) is 1.26. The number of aryl methyl sites for hydroxylation is 1. The third-order valence-electron chi connectivity index (χ3n) is 3.80. The van der Waals surface area contributed by atoms with E-state index >= 15 is 0 Å². The highest BCUT2D eigenvalue weighted by atomic mass is 16.5. The molecule has 0 unspecified atom stereocenters. The summed E-state index contributed by atoms with van der Waals surface area (Å²) < 4.78 is 5.98. The van der Waals surface area contributed by atoms with E-state index in [0.717, 1.165) is 16.6 Å². The number of fused-ring (bicyclic) bond motifs is 1. The molecular formula is C18H17N3O4. The topological polar surface area (TPSA) is 94.1 Å². The monoisotopic (exact) mass is 339 g/mol. The number of rotatable bonds is 6. The summed E-state index contributed by atoms with van der Waals surface area (Å²) in [6.07, 6.45) is 4.82. The number of nitrogens with zero attached hydrogens (tertiary/aromatic N) is 2. The quantitative estimate of drug-likeness (QED) is 0.539. The average molecular weight is 339 g/mol. The minimum atomic E-state index is -0.627. The lowest BCUT2D eigenvalue weighted by atomic mass is 10.1. The molecule has 0 aliphatic carbocycles. The standard InChI is InChI=1S/C18H17N3O4/c22-16(25-11-3-4-13-7-9-19-10-8-13)12-21-17(23)14-5-1-2-6-15(14)20-18(21)24/h1-2,5-10H,3-4,11-12H2,(H,20,24). The molecule has 2 aromatic heterocycles. The van der Waals surface area contributed by atoms with E-state index < -0.39 is 23.8 Å². The van der Waals surface area contributed by atoms with Gasteiger partial charge in [0.05, 0.1) is 17.5 Å². The molecule has 0 saturated heterocycles. The van der Waals surface area contributed by atoms with Crippen LogP contribution in [0, 0.1) is 0 Å². The van der Waals surface area contributed by atoms with Crippen molar-refractivity contribution < 1.29 is 9.53 Å². The maximum Gasteiger partial charge on any atom is 0.329 e. The second-order valence-corrected chi connectivity index (χ2v) is 5.55. The van der Waals surface area contributed by atoms with Crippen LogP contribution in [0.5, 0.6) is 0 Å². The summed E-state index contributed by atoms with van der Waals surface area (Å²) in [7, 11) is 0. The molecule has 2 heterocycles. The van der Waals surface area contributed by atoms with E-state index in [1.807, 2.05) is 12.1 Å². The summed E-state index contributed by atoms with van der Waals surface area (Å²) in [4.78, 5) is 42.8. The molecule has 1 aromatic carbocycles. The zero-order valence-corrected chi connectivity index (χ0v) is 13.5. The van der Waals surface area contributed by atoms with Gasteiger partial charge in [-0.3, -0.25) is 14.6 Å². The molecule has 7 heteroatoms. The number of ether oxygens (including phenoxy) is 1. The number of para-hydroxylation sites is 1. The van der Waals surface area contributed by atoms with Crippen molar-refractivity contribution in [2.24, 2.45) is 0 Å². The van der Waals surface area contributed by atoms with Gasteiger partial charge in [0.2, 0.25) is 0 Å². The number of hydrogen-bond donors (Lipinski definition) is 1. The van der Waals surface area contributed by atoms with E-state index in [4.69, 9.17) is 4.74 Å². The van der Waals surface area contributed by atoms with Crippen molar-refractivity contribution >= 4 is 16.9 Å². The lowest BCUT2D eigenvalue weighted by Gasteiger charge is -2.07. The Morgan fingerprint density at radius 1 is 1.12 bits per heavy atom. The van der Waals surface area contributed by atoms with Crippen molar-refractivity contribution in [1.29, 1.82) is 0 Å². The lowest BCUT2D eigenvalue weighted by Crippen LogP contribution is -2.37. The first kappa shape index (κ1) is 16.6. The van der Waals surface area contributed by atoms with Crippen molar-refractivity contribution in [3.8, 4) is 0 Å². The number of carbonyl (C=O) groups is 1. The van der Waals surface area contributed by atoms with Gasteiger partial charge in [-0.25, -0.2) is 9.36 Å². The van der Waals surface area contributed by atoms with Crippen LogP contribution in [0.1, 0.15) is 12.0 Å². The zero-order chi connectivity index (χ0) is 17.6. The Labute approximate surface area is 142 Å². The number of benzene rings is 1. The van der Waals surface area contributed by atoms with Crippen LogP contribution in [0.2, 0.25) is 0 Å². The van der Waals surface area contributed by atoms with Gasteiger partial charge in [-0.05, 0) is 42.7 Å². The van der Waals surface area contributed by atoms with Crippen LogP contribution in [0.3, 0.4) is 0 Å². The molecule has 0 aliphatic rings. The number of H-pyrrole nitrogens is 1. The van der Waals surface area contributed by atoms with E-state index in [0.29, 0.717) is 17.3 Å². The number of pyridine rings is 1. The summed E-state index contributed by atoms with van der Waals surface area (Å²) >= 11 is 0. The number of aromatic amines is 1. The van der Waals surface area contributed by atoms with Gasteiger partial charge in [0.25, 0.3) is 5.56 Å². The second kappa shape index (κ2) is 7.57. The molecule has 0 bridgehead atoms. The molecule has 0 spiro atoms. The molecule has 0 atom stereocenters. The summed E-state index contributed by atoms with van der Waals surface area (Å²) in [5.74, 6) is -0.613. The van der Waals surface area contributed by atoms with Crippen LogP contribution in [-0.4, -0.2) is 27.1 Å². The predicted molar refractivity (Wildman–Crippen MR) is 92.3 cm³/mol. The first-order valence-corrected chi connectivity index (χ1v) is 7.91. The third kappa shape index (κ3) is 4.00. The largest absolute Gasteiger partial charge is 0.464 e. The maximum atomic E-state index is 12.3. The van der Waals surface area contributed by atoms with E-state index in [9.17, 15) is 14.4 Å². The molecule has 0 aliphatic heterocycles. The maximum absolute atomic E-state index is 12.3. The van der Waals surface area contributed by atoms with Gasteiger partial charge in [-0.1, -0.05) is 12.1 Å². The smallest absolute Gasteiger partial charge is 0.329 e. The van der Waals surface area contributed by atoms with Gasteiger partial charge < -0.3 is 9.72 Å². The van der Waals surface area contributed by atoms with Gasteiger partial charge in [0, 0.05) is 12.4 Å². The Balaban J connectivity index is 1.60. The van der Waals surface area contributed by atoms with E-state index in [2.05, 4.69) is 9.97 Å². The number of aromatic nitrogens is 3. The van der Waals surface area contributed by atoms with Crippen molar-refractivity contribution in [2.45, 2.75) is 19.4 Å². The van der Waals surface area contributed by atoms with E-state index in [1.54, 1.807) is 36.7 Å². The average Bonchev–Trinajstić information content (AvgIpc) is 2.63. The fourth-order valence-electron chi connectivity index (χ4n) is 2.53. The van der Waals surface area contributed by atoms with E-state index in [-0.39, 0.29) is 6.61 Å². The number of esters is 1. The van der Waals surface area contributed by atoms with Crippen LogP contribution < -0.4 is 11.2 Å². The summed E-state index contributed by atoms with van der Waals surface area (Å²) in [5, 5.41) is 0.354. The van der Waals surface area contributed by atoms with Crippen LogP contribution in [0.4, 0.5) is 0 Å². The molecule has 7 nitrogen and oxygen atoms in total. The van der Waals surface area contributed by atoms with Gasteiger partial charge in [-0.2, -0.15) is 0 Å². The number of hydrogen-bond acceptors (Lipinski definition) is 5. The minimum Gasteiger partial charge on any atom is -0.464 e. The van der Waals surface area contributed by atoms with Crippen molar-refractivity contribution in [3.63, 3.8) is 0 Å². The fourth-order valence-corrected chi connectivity index (χ4v) is 2.53. The SMILES string of the molecule is O=C(Cn1c(=O)[nH]c2ccccc2c1=O)OCCCc1ccncc1. The molecule has 3 aromatic rings. The molecule has 128 valence electrons. The molecule has 0 amide bonds. The Kier molecular flexibility index (Phi) is 5.03. The van der Waals surface area contributed by atoms with Gasteiger partial charge in [0.15, 0.2) is 0 Å². The minimum absolute atomic E-state index is 0.224. The van der Waals surface area contributed by atoms with Gasteiger partial charge >= 0.3 is 11.7 Å². The van der Waals surface area contributed by atoms with Crippen molar-refractivity contribution in [2.75, 3.05) is 6.61 Å². The Morgan fingerprint density at radius 3 is 2.68 bits per heavy atom. The number of nitrogens with one attached hydrogen (secondary N) is 1. The van der Waals surface area contributed by atoms with E-state index in [1.165, 1.54) is 0 Å². The lowest BCUT2D eigenvalue weighted by molar-refractivity contribution is -0.144. The fraction of sp³-hybridized carbons (Fsp3) is 0.222. The molecule has 0 radical (unpaired) electrons. The van der Waals surface area contributed by atoms with Crippen molar-refractivity contribution in [3.05, 3.63) is 75.2 Å². The molecule has 0 saturated carbocycles. The van der Waals surface area contributed by atoms with Gasteiger partial charge in [-0.15, -0.1) is 0 Å². The zero-order valence-electron chi connectivity index (χ0n) is 13.5. The number of carbonyl (C=O) groups excluding carboxylic acids is 1. The highest BCUT2D eigenvalue weighted by Crippen LogP contribution is 2.03. The van der Waals surface area contributed by atoms with Crippen LogP contribution >= 0.6 is 0 Å². The van der Waals surface area contributed by atoms with Gasteiger partial charge in [0.1, 0.15) is 6.54 Å². The molecular weight excluding hydrogens is 322 g/mol. The summed E-state index contributed by atoms with van der Waals surface area (Å²) in [6, 6.07) is 10.5. The molecule has 0 fully saturated rings. The van der Waals surface area contributed by atoms with Crippen molar-refractivity contribution in [1.82, 2.24) is 14.5 Å². The van der Waals surface area contributed by atoms with Crippen LogP contribution in [-0.2, 0) is 22.5 Å². The first-order valence-electron chi connectivity index (χ1n) is 7.91.